The largest absolute Gasteiger partial charge is 0.298 e. The molecule has 1 N–H and O–H groups in total. The molecule has 2 aromatic rings. The maximum atomic E-state index is 10.8. The Morgan fingerprint density at radius 1 is 1.26 bits per heavy atom. The molecular formula is C14H12N4O. The van der Waals surface area contributed by atoms with Crippen molar-refractivity contribution in [2.24, 2.45) is 0 Å². The molecule has 1 heterocycles. The van der Waals surface area contributed by atoms with E-state index in [0.29, 0.717) is 17.8 Å². The van der Waals surface area contributed by atoms with Crippen molar-refractivity contribution in [3.8, 4) is 0 Å². The molecule has 0 amide bonds. The lowest BCUT2D eigenvalue weighted by Crippen LogP contribution is -2.28. The van der Waals surface area contributed by atoms with E-state index in [1.54, 1.807) is 6.08 Å². The van der Waals surface area contributed by atoms with Gasteiger partial charge in [-0.3, -0.25) is 4.79 Å². The van der Waals surface area contributed by atoms with E-state index in [-0.39, 0.29) is 0 Å². The third-order valence-electron chi connectivity index (χ3n) is 3.39. The molecule has 5 heteroatoms. The minimum atomic E-state index is -0.458. The van der Waals surface area contributed by atoms with Gasteiger partial charge in [-0.05, 0) is 12.0 Å². The number of aromatic nitrogens is 4. The van der Waals surface area contributed by atoms with E-state index in [1.807, 2.05) is 42.5 Å². The van der Waals surface area contributed by atoms with Crippen molar-refractivity contribution in [2.75, 3.05) is 0 Å². The Kier molecular flexibility index (Phi) is 2.79. The van der Waals surface area contributed by atoms with E-state index < -0.39 is 5.41 Å². The van der Waals surface area contributed by atoms with Gasteiger partial charge in [0.05, 0.1) is 5.41 Å². The number of aldehydes is 1. The van der Waals surface area contributed by atoms with Crippen molar-refractivity contribution < 1.29 is 4.79 Å². The molecule has 1 unspecified atom stereocenters. The normalized spacial score (nSPS) is 22.0. The highest BCUT2D eigenvalue weighted by molar-refractivity contribution is 5.78. The summed E-state index contributed by atoms with van der Waals surface area (Å²) in [5, 5.41) is 14.4. The summed E-state index contributed by atoms with van der Waals surface area (Å²) in [5.74, 6) is 0.608. The zero-order valence-electron chi connectivity index (χ0n) is 10.2. The van der Waals surface area contributed by atoms with Crippen LogP contribution in [-0.2, 0) is 10.2 Å². The number of carbonyl (C=O) groups is 1. The molecule has 0 saturated heterocycles. The lowest BCUT2D eigenvalue weighted by molar-refractivity contribution is -0.104. The first kappa shape index (κ1) is 11.5. The fourth-order valence-corrected chi connectivity index (χ4v) is 2.34. The summed E-state index contributed by atoms with van der Waals surface area (Å²) in [6.07, 6.45) is 7.16. The van der Waals surface area contributed by atoms with E-state index in [9.17, 15) is 4.79 Å². The topological polar surface area (TPSA) is 71.5 Å². The van der Waals surface area contributed by atoms with Crippen LogP contribution >= 0.6 is 0 Å². The SMILES string of the molecule is O=CC1=CCC(c2ccccc2)(c2nn[nH]n2)C=C1. The van der Waals surface area contributed by atoms with E-state index in [0.717, 1.165) is 11.8 Å². The van der Waals surface area contributed by atoms with E-state index in [2.05, 4.69) is 20.6 Å². The highest BCUT2D eigenvalue weighted by Gasteiger charge is 2.36. The average Bonchev–Trinajstić information content (AvgIpc) is 3.03. The van der Waals surface area contributed by atoms with Gasteiger partial charge in [0.15, 0.2) is 5.82 Å². The quantitative estimate of drug-likeness (QED) is 0.842. The Morgan fingerprint density at radius 3 is 2.68 bits per heavy atom. The number of allylic oxidation sites excluding steroid dienone is 4. The van der Waals surface area contributed by atoms with Crippen molar-refractivity contribution in [1.29, 1.82) is 0 Å². The van der Waals surface area contributed by atoms with Gasteiger partial charge in [-0.2, -0.15) is 5.21 Å². The van der Waals surface area contributed by atoms with Gasteiger partial charge in [0.1, 0.15) is 6.29 Å². The number of rotatable bonds is 3. The second-order valence-corrected chi connectivity index (χ2v) is 4.43. The molecule has 5 nitrogen and oxygen atoms in total. The molecule has 0 bridgehead atoms. The van der Waals surface area contributed by atoms with Gasteiger partial charge < -0.3 is 0 Å². The zero-order chi connectivity index (χ0) is 13.1. The van der Waals surface area contributed by atoms with Crippen LogP contribution in [0.5, 0.6) is 0 Å². The van der Waals surface area contributed by atoms with Crippen molar-refractivity contribution >= 4 is 6.29 Å². The summed E-state index contributed by atoms with van der Waals surface area (Å²) in [6.45, 7) is 0. The van der Waals surface area contributed by atoms with Crippen LogP contribution in [0.2, 0.25) is 0 Å². The first-order chi connectivity index (χ1) is 9.35. The van der Waals surface area contributed by atoms with Crippen molar-refractivity contribution in [3.05, 3.63) is 65.5 Å². The highest BCUT2D eigenvalue weighted by atomic mass is 16.1. The number of benzene rings is 1. The van der Waals surface area contributed by atoms with Crippen LogP contribution in [0, 0.1) is 0 Å². The fourth-order valence-electron chi connectivity index (χ4n) is 2.34. The van der Waals surface area contributed by atoms with E-state index in [4.69, 9.17) is 0 Å². The van der Waals surface area contributed by atoms with Gasteiger partial charge in [-0.25, -0.2) is 0 Å². The molecule has 0 spiro atoms. The van der Waals surface area contributed by atoms with Crippen molar-refractivity contribution in [2.45, 2.75) is 11.8 Å². The van der Waals surface area contributed by atoms with E-state index >= 15 is 0 Å². The molecule has 1 aliphatic carbocycles. The summed E-state index contributed by atoms with van der Waals surface area (Å²) < 4.78 is 0. The third-order valence-corrected chi connectivity index (χ3v) is 3.39. The van der Waals surface area contributed by atoms with Gasteiger partial charge in [0.2, 0.25) is 0 Å². The molecule has 0 radical (unpaired) electrons. The Bertz CT molecular complexity index is 631. The molecule has 0 aliphatic heterocycles. The molecule has 1 aromatic carbocycles. The number of hydrogen-bond donors (Lipinski definition) is 1. The number of carbonyl (C=O) groups excluding carboxylic acids is 1. The summed E-state index contributed by atoms with van der Waals surface area (Å²) in [7, 11) is 0. The minimum Gasteiger partial charge on any atom is -0.298 e. The number of aromatic amines is 1. The Balaban J connectivity index is 2.12. The monoisotopic (exact) mass is 252 g/mol. The van der Waals surface area contributed by atoms with Crippen LogP contribution in [0.4, 0.5) is 0 Å². The predicted molar refractivity (Wildman–Crippen MR) is 69.3 cm³/mol. The fraction of sp³-hybridized carbons (Fsp3) is 0.143. The molecule has 1 aromatic heterocycles. The number of nitrogens with zero attached hydrogens (tertiary/aromatic N) is 3. The lowest BCUT2D eigenvalue weighted by Gasteiger charge is -2.29. The second kappa shape index (κ2) is 4.61. The predicted octanol–water partition coefficient (Wildman–Crippen LogP) is 1.57. The van der Waals surface area contributed by atoms with Gasteiger partial charge >= 0.3 is 0 Å². The number of H-pyrrole nitrogens is 1. The van der Waals surface area contributed by atoms with Crippen LogP contribution in [0.3, 0.4) is 0 Å². The Hall–Kier alpha value is -2.56. The average molecular weight is 252 g/mol. The smallest absolute Gasteiger partial charge is 0.189 e. The van der Waals surface area contributed by atoms with Crippen LogP contribution in [-0.4, -0.2) is 26.9 Å². The lowest BCUT2D eigenvalue weighted by atomic mass is 9.74. The number of hydrogen-bond acceptors (Lipinski definition) is 4. The standard InChI is InChI=1S/C14H12N4O/c19-10-11-6-8-14(9-7-11,13-15-17-18-16-13)12-4-2-1-3-5-12/h1-8,10H,9H2,(H,15,16,17,18). The van der Waals surface area contributed by atoms with Crippen LogP contribution in [0.1, 0.15) is 17.8 Å². The molecule has 1 aliphatic rings. The highest BCUT2D eigenvalue weighted by Crippen LogP contribution is 2.37. The molecular weight excluding hydrogens is 240 g/mol. The van der Waals surface area contributed by atoms with Crippen LogP contribution < -0.4 is 0 Å². The van der Waals surface area contributed by atoms with Gasteiger partial charge in [0, 0.05) is 5.57 Å². The Morgan fingerprint density at radius 2 is 2.11 bits per heavy atom. The van der Waals surface area contributed by atoms with Crippen molar-refractivity contribution in [3.63, 3.8) is 0 Å². The maximum Gasteiger partial charge on any atom is 0.189 e. The molecule has 0 fully saturated rings. The van der Waals surface area contributed by atoms with Crippen molar-refractivity contribution in [1.82, 2.24) is 20.6 Å². The zero-order valence-corrected chi connectivity index (χ0v) is 10.2. The first-order valence-electron chi connectivity index (χ1n) is 5.99. The van der Waals surface area contributed by atoms with Gasteiger partial charge in [-0.1, -0.05) is 53.8 Å². The van der Waals surface area contributed by atoms with Crippen LogP contribution in [0.15, 0.2) is 54.1 Å². The Labute approximate surface area is 110 Å². The van der Waals surface area contributed by atoms with Gasteiger partial charge in [0.25, 0.3) is 0 Å². The molecule has 19 heavy (non-hydrogen) atoms. The second-order valence-electron chi connectivity index (χ2n) is 4.43. The first-order valence-corrected chi connectivity index (χ1v) is 5.99. The molecule has 1 atom stereocenters. The summed E-state index contributed by atoms with van der Waals surface area (Å²) in [4.78, 5) is 10.8. The summed E-state index contributed by atoms with van der Waals surface area (Å²) in [6, 6.07) is 9.97. The number of nitrogens with one attached hydrogen (secondary N) is 1. The summed E-state index contributed by atoms with van der Waals surface area (Å²) in [5.41, 5.74) is 1.30. The summed E-state index contributed by atoms with van der Waals surface area (Å²) >= 11 is 0. The van der Waals surface area contributed by atoms with E-state index in [1.165, 1.54) is 0 Å². The third kappa shape index (κ3) is 1.89. The molecule has 94 valence electrons. The van der Waals surface area contributed by atoms with Crippen LogP contribution in [0.25, 0.3) is 0 Å². The molecule has 3 rings (SSSR count). The number of tetrazole rings is 1. The molecule has 0 saturated carbocycles. The minimum absolute atomic E-state index is 0.458. The van der Waals surface area contributed by atoms with Gasteiger partial charge in [-0.15, -0.1) is 10.2 Å². The maximum absolute atomic E-state index is 10.8.